The van der Waals surface area contributed by atoms with Crippen molar-refractivity contribution in [3.63, 3.8) is 0 Å². The van der Waals surface area contributed by atoms with Crippen LogP contribution in [0.15, 0.2) is 18.3 Å². The van der Waals surface area contributed by atoms with Gasteiger partial charge in [0.25, 0.3) is 0 Å². The van der Waals surface area contributed by atoms with Crippen molar-refractivity contribution >= 4 is 5.91 Å². The maximum Gasteiger partial charge on any atom is 0.417 e. The second-order valence-corrected chi connectivity index (χ2v) is 6.95. The Morgan fingerprint density at radius 3 is 2.63 bits per heavy atom. The minimum Gasteiger partial charge on any atom is -0.354 e. The van der Waals surface area contributed by atoms with Crippen LogP contribution in [-0.2, 0) is 17.4 Å². The summed E-state index contributed by atoms with van der Waals surface area (Å²) in [7, 11) is 0. The van der Waals surface area contributed by atoms with Gasteiger partial charge in [-0.2, -0.15) is 18.3 Å². The van der Waals surface area contributed by atoms with Crippen LogP contribution in [0.4, 0.5) is 13.2 Å². The lowest BCUT2D eigenvalue weighted by Gasteiger charge is -2.11. The summed E-state index contributed by atoms with van der Waals surface area (Å²) >= 11 is 0. The Labute approximate surface area is 155 Å². The third-order valence-electron chi connectivity index (χ3n) is 4.83. The normalized spacial score (nSPS) is 15.6. The van der Waals surface area contributed by atoms with E-state index in [0.717, 1.165) is 30.7 Å². The Morgan fingerprint density at radius 2 is 2.07 bits per heavy atom. The lowest BCUT2D eigenvalue weighted by atomic mass is 10.1. The fourth-order valence-corrected chi connectivity index (χ4v) is 2.98. The number of rotatable bonds is 6. The zero-order chi connectivity index (χ0) is 19.8. The molecule has 3 rings (SSSR count). The standard InChI is InChI=1S/C18H22F3N5O/c1-10-14(7-17(27)24-9-15(22)12-3-4-12)11(2)26(25-10)16-6-5-13(8-23-16)18(19,20)21/h5-6,8,12,15H,3-4,7,9,22H2,1-2H3,(H,24,27). The van der Waals surface area contributed by atoms with E-state index in [-0.39, 0.29) is 24.2 Å². The fourth-order valence-electron chi connectivity index (χ4n) is 2.98. The number of hydrogen-bond donors (Lipinski definition) is 2. The number of carbonyl (C=O) groups is 1. The van der Waals surface area contributed by atoms with Crippen molar-refractivity contribution in [3.05, 3.63) is 40.8 Å². The molecule has 0 aromatic carbocycles. The van der Waals surface area contributed by atoms with Crippen LogP contribution in [0.3, 0.4) is 0 Å². The number of hydrogen-bond acceptors (Lipinski definition) is 4. The summed E-state index contributed by atoms with van der Waals surface area (Å²) in [5, 5.41) is 7.17. The number of aryl methyl sites for hydroxylation is 1. The molecule has 1 unspecified atom stereocenters. The van der Waals surface area contributed by atoms with E-state index in [9.17, 15) is 18.0 Å². The van der Waals surface area contributed by atoms with Crippen molar-refractivity contribution in [2.24, 2.45) is 11.7 Å². The predicted octanol–water partition coefficient (Wildman–Crippen LogP) is 2.30. The molecular weight excluding hydrogens is 359 g/mol. The quantitative estimate of drug-likeness (QED) is 0.804. The molecular formula is C18H22F3N5O. The molecule has 0 spiro atoms. The number of alkyl halides is 3. The van der Waals surface area contributed by atoms with E-state index in [1.165, 1.54) is 10.7 Å². The molecule has 2 heterocycles. The van der Waals surface area contributed by atoms with Crippen molar-refractivity contribution < 1.29 is 18.0 Å². The molecule has 2 aromatic rings. The minimum absolute atomic E-state index is 0.0183. The largest absolute Gasteiger partial charge is 0.417 e. The number of pyridine rings is 1. The summed E-state index contributed by atoms with van der Waals surface area (Å²) < 4.78 is 39.5. The molecule has 0 bridgehead atoms. The van der Waals surface area contributed by atoms with Gasteiger partial charge in [0.15, 0.2) is 5.82 Å². The van der Waals surface area contributed by atoms with E-state index in [4.69, 9.17) is 5.73 Å². The first-order valence-corrected chi connectivity index (χ1v) is 8.78. The van der Waals surface area contributed by atoms with Gasteiger partial charge in [-0.3, -0.25) is 4.79 Å². The van der Waals surface area contributed by atoms with Crippen LogP contribution >= 0.6 is 0 Å². The Morgan fingerprint density at radius 1 is 1.37 bits per heavy atom. The zero-order valence-electron chi connectivity index (χ0n) is 15.2. The summed E-state index contributed by atoms with van der Waals surface area (Å²) in [5.41, 5.74) is 7.20. The van der Waals surface area contributed by atoms with Gasteiger partial charge >= 0.3 is 6.18 Å². The van der Waals surface area contributed by atoms with Gasteiger partial charge < -0.3 is 11.1 Å². The molecule has 1 saturated carbocycles. The molecule has 0 aliphatic heterocycles. The highest BCUT2D eigenvalue weighted by Crippen LogP contribution is 2.31. The summed E-state index contributed by atoms with van der Waals surface area (Å²) in [6, 6.07) is 2.21. The lowest BCUT2D eigenvalue weighted by Crippen LogP contribution is -2.39. The van der Waals surface area contributed by atoms with E-state index < -0.39 is 11.7 Å². The maximum atomic E-state index is 12.7. The second-order valence-electron chi connectivity index (χ2n) is 6.95. The van der Waals surface area contributed by atoms with Crippen molar-refractivity contribution in [1.82, 2.24) is 20.1 Å². The first-order chi connectivity index (χ1) is 12.7. The molecule has 0 radical (unpaired) electrons. The average Bonchev–Trinajstić information content (AvgIpc) is 3.42. The van der Waals surface area contributed by atoms with Gasteiger partial charge in [0, 0.05) is 30.0 Å². The van der Waals surface area contributed by atoms with E-state index in [0.29, 0.717) is 23.9 Å². The Bertz CT molecular complexity index is 825. The number of nitrogens with zero attached hydrogens (tertiary/aromatic N) is 3. The topological polar surface area (TPSA) is 85.8 Å². The smallest absolute Gasteiger partial charge is 0.354 e. The van der Waals surface area contributed by atoms with E-state index >= 15 is 0 Å². The van der Waals surface area contributed by atoms with Crippen LogP contribution in [0.5, 0.6) is 0 Å². The summed E-state index contributed by atoms with van der Waals surface area (Å²) in [6.45, 7) is 3.96. The molecule has 146 valence electrons. The van der Waals surface area contributed by atoms with Gasteiger partial charge in [-0.1, -0.05) is 0 Å². The third kappa shape index (κ3) is 4.47. The number of aromatic nitrogens is 3. The van der Waals surface area contributed by atoms with Crippen LogP contribution in [0.2, 0.25) is 0 Å². The first kappa shape index (κ1) is 19.3. The van der Waals surface area contributed by atoms with E-state index in [1.54, 1.807) is 13.8 Å². The number of halogens is 3. The Balaban J connectivity index is 1.71. The highest BCUT2D eigenvalue weighted by atomic mass is 19.4. The average molecular weight is 381 g/mol. The maximum absolute atomic E-state index is 12.7. The van der Waals surface area contributed by atoms with Crippen LogP contribution in [-0.4, -0.2) is 33.3 Å². The van der Waals surface area contributed by atoms with Crippen molar-refractivity contribution in [2.45, 2.75) is 45.3 Å². The predicted molar refractivity (Wildman–Crippen MR) is 93.2 cm³/mol. The van der Waals surface area contributed by atoms with Gasteiger partial charge in [0.1, 0.15) is 0 Å². The third-order valence-corrected chi connectivity index (χ3v) is 4.83. The minimum atomic E-state index is -4.44. The first-order valence-electron chi connectivity index (χ1n) is 8.78. The number of carbonyl (C=O) groups excluding carboxylic acids is 1. The zero-order valence-corrected chi connectivity index (χ0v) is 15.2. The molecule has 1 fully saturated rings. The molecule has 1 atom stereocenters. The summed E-state index contributed by atoms with van der Waals surface area (Å²) in [4.78, 5) is 16.1. The molecule has 1 aliphatic rings. The van der Waals surface area contributed by atoms with Gasteiger partial charge in [0.2, 0.25) is 5.91 Å². The molecule has 1 aliphatic carbocycles. The van der Waals surface area contributed by atoms with Crippen LogP contribution < -0.4 is 11.1 Å². The number of nitrogens with two attached hydrogens (primary N) is 1. The number of nitrogens with one attached hydrogen (secondary N) is 1. The van der Waals surface area contributed by atoms with Gasteiger partial charge in [-0.15, -0.1) is 0 Å². The SMILES string of the molecule is Cc1nn(-c2ccc(C(F)(F)F)cn2)c(C)c1CC(=O)NCC(N)C1CC1. The highest BCUT2D eigenvalue weighted by molar-refractivity contribution is 5.79. The van der Waals surface area contributed by atoms with Gasteiger partial charge in [-0.05, 0) is 44.7 Å². The highest BCUT2D eigenvalue weighted by Gasteiger charge is 2.31. The number of amides is 1. The molecule has 2 aromatic heterocycles. The van der Waals surface area contributed by atoms with Gasteiger partial charge in [0.05, 0.1) is 17.7 Å². The molecule has 27 heavy (non-hydrogen) atoms. The Hall–Kier alpha value is -2.42. The molecule has 9 heteroatoms. The van der Waals surface area contributed by atoms with Crippen molar-refractivity contribution in [2.75, 3.05) is 6.54 Å². The fraction of sp³-hybridized carbons (Fsp3) is 0.500. The molecule has 1 amide bonds. The van der Waals surface area contributed by atoms with Crippen LogP contribution in [0.1, 0.15) is 35.4 Å². The second kappa shape index (κ2) is 7.30. The lowest BCUT2D eigenvalue weighted by molar-refractivity contribution is -0.137. The molecule has 0 saturated heterocycles. The van der Waals surface area contributed by atoms with Crippen LogP contribution in [0.25, 0.3) is 5.82 Å². The van der Waals surface area contributed by atoms with E-state index in [2.05, 4.69) is 15.4 Å². The van der Waals surface area contributed by atoms with Crippen molar-refractivity contribution in [3.8, 4) is 5.82 Å². The molecule has 3 N–H and O–H groups in total. The van der Waals surface area contributed by atoms with E-state index in [1.807, 2.05) is 0 Å². The molecule has 6 nitrogen and oxygen atoms in total. The van der Waals surface area contributed by atoms with Crippen molar-refractivity contribution in [1.29, 1.82) is 0 Å². The monoisotopic (exact) mass is 381 g/mol. The summed E-state index contributed by atoms with van der Waals surface area (Å²) in [6.07, 6.45) is -1.30. The van der Waals surface area contributed by atoms with Crippen LogP contribution in [0, 0.1) is 19.8 Å². The summed E-state index contributed by atoms with van der Waals surface area (Å²) in [5.74, 6) is 0.616. The van der Waals surface area contributed by atoms with Gasteiger partial charge in [-0.25, -0.2) is 9.67 Å². The Kier molecular flexibility index (Phi) is 5.23.